The summed E-state index contributed by atoms with van der Waals surface area (Å²) in [5.74, 6) is -1.08. The Morgan fingerprint density at radius 3 is 2.57 bits per heavy atom. The molecule has 1 unspecified atom stereocenters. The molecule has 1 aromatic heterocycles. The molecule has 192 valence electrons. The summed E-state index contributed by atoms with van der Waals surface area (Å²) in [7, 11) is 0. The van der Waals surface area contributed by atoms with Gasteiger partial charge in [0, 0.05) is 12.5 Å². The van der Waals surface area contributed by atoms with Crippen LogP contribution in [0.4, 0.5) is 4.39 Å². The van der Waals surface area contributed by atoms with Gasteiger partial charge in [-0.25, -0.2) is 14.2 Å². The van der Waals surface area contributed by atoms with Crippen LogP contribution in [0.15, 0.2) is 63.5 Å². The molecule has 0 spiro atoms. The zero-order chi connectivity index (χ0) is 26.7. The standard InChI is InChI=1S/C27H25FN2O6S/c1-5-34-21-13-17(11-12-20(21)36-16(4)31)14-22-25(32)30-24(18-9-7-8-10-19(18)28)23(26(33)35-6-2)15(3)29-27(30)37-22/h7-14,24H,5-6H2,1-4H3/b22-14-. The predicted molar refractivity (Wildman–Crippen MR) is 136 cm³/mol. The van der Waals surface area contributed by atoms with Crippen molar-refractivity contribution in [2.45, 2.75) is 33.7 Å². The number of hydrogen-bond acceptors (Lipinski definition) is 8. The van der Waals surface area contributed by atoms with E-state index in [4.69, 9.17) is 14.2 Å². The predicted octanol–water partition coefficient (Wildman–Crippen LogP) is 3.26. The average Bonchev–Trinajstić information content (AvgIpc) is 3.14. The Morgan fingerprint density at radius 2 is 1.89 bits per heavy atom. The van der Waals surface area contributed by atoms with Crippen molar-refractivity contribution in [3.8, 4) is 11.5 Å². The zero-order valence-corrected chi connectivity index (χ0v) is 21.6. The van der Waals surface area contributed by atoms with Crippen LogP contribution in [0.25, 0.3) is 6.08 Å². The van der Waals surface area contributed by atoms with E-state index in [1.165, 1.54) is 23.6 Å². The van der Waals surface area contributed by atoms with Gasteiger partial charge < -0.3 is 14.2 Å². The maximum atomic E-state index is 15.0. The molecule has 8 nitrogen and oxygen atoms in total. The van der Waals surface area contributed by atoms with Gasteiger partial charge in [0.15, 0.2) is 16.3 Å². The molecule has 0 amide bonds. The second kappa shape index (κ2) is 10.9. The first-order valence-electron chi connectivity index (χ1n) is 11.6. The average molecular weight is 525 g/mol. The number of ether oxygens (including phenoxy) is 3. The van der Waals surface area contributed by atoms with Gasteiger partial charge in [-0.2, -0.15) is 0 Å². The van der Waals surface area contributed by atoms with Gasteiger partial charge in [-0.3, -0.25) is 14.2 Å². The van der Waals surface area contributed by atoms with Crippen LogP contribution in [-0.2, 0) is 14.3 Å². The number of hydrogen-bond donors (Lipinski definition) is 0. The highest BCUT2D eigenvalue weighted by Crippen LogP contribution is 2.32. The Morgan fingerprint density at radius 1 is 1.14 bits per heavy atom. The number of esters is 2. The molecular weight excluding hydrogens is 499 g/mol. The van der Waals surface area contributed by atoms with Crippen LogP contribution < -0.4 is 24.4 Å². The SMILES string of the molecule is CCOC(=O)C1=C(C)N=c2s/c(=C\c3ccc(OC(C)=O)c(OCC)c3)c(=O)n2C1c1ccccc1F. The van der Waals surface area contributed by atoms with Crippen LogP contribution in [0.2, 0.25) is 0 Å². The fraction of sp³-hybridized carbons (Fsp3) is 0.259. The van der Waals surface area contributed by atoms with E-state index < -0.39 is 29.4 Å². The smallest absolute Gasteiger partial charge is 0.338 e. The normalized spacial score (nSPS) is 15.2. The molecule has 0 bridgehead atoms. The minimum atomic E-state index is -1.04. The van der Waals surface area contributed by atoms with E-state index in [1.54, 1.807) is 57.2 Å². The van der Waals surface area contributed by atoms with Crippen molar-refractivity contribution in [3.63, 3.8) is 0 Å². The van der Waals surface area contributed by atoms with Gasteiger partial charge in [0.25, 0.3) is 5.56 Å². The number of allylic oxidation sites excluding steroid dienone is 1. The van der Waals surface area contributed by atoms with E-state index in [1.807, 2.05) is 0 Å². The van der Waals surface area contributed by atoms with Gasteiger partial charge in [0.2, 0.25) is 0 Å². The zero-order valence-electron chi connectivity index (χ0n) is 20.7. The molecule has 3 aromatic rings. The number of aromatic nitrogens is 1. The minimum Gasteiger partial charge on any atom is -0.490 e. The lowest BCUT2D eigenvalue weighted by Gasteiger charge is -2.24. The van der Waals surface area contributed by atoms with Crippen molar-refractivity contribution in [1.82, 2.24) is 4.57 Å². The monoisotopic (exact) mass is 524 g/mol. The van der Waals surface area contributed by atoms with E-state index in [-0.39, 0.29) is 23.5 Å². The molecule has 0 aliphatic carbocycles. The molecule has 2 heterocycles. The van der Waals surface area contributed by atoms with Gasteiger partial charge in [-0.15, -0.1) is 0 Å². The molecule has 1 atom stereocenters. The lowest BCUT2D eigenvalue weighted by atomic mass is 9.95. The van der Waals surface area contributed by atoms with Crippen molar-refractivity contribution < 1.29 is 28.2 Å². The van der Waals surface area contributed by atoms with E-state index >= 15 is 0 Å². The second-order valence-corrected chi connectivity index (χ2v) is 9.07. The Kier molecular flexibility index (Phi) is 7.68. The van der Waals surface area contributed by atoms with Crippen molar-refractivity contribution in [1.29, 1.82) is 0 Å². The number of carbonyl (C=O) groups excluding carboxylic acids is 2. The molecule has 37 heavy (non-hydrogen) atoms. The molecule has 0 radical (unpaired) electrons. The van der Waals surface area contributed by atoms with Crippen LogP contribution in [0.5, 0.6) is 11.5 Å². The second-order valence-electron chi connectivity index (χ2n) is 8.06. The van der Waals surface area contributed by atoms with Crippen LogP contribution in [0.1, 0.15) is 44.9 Å². The summed E-state index contributed by atoms with van der Waals surface area (Å²) in [4.78, 5) is 42.8. The third-order valence-electron chi connectivity index (χ3n) is 5.54. The lowest BCUT2D eigenvalue weighted by Crippen LogP contribution is -2.40. The van der Waals surface area contributed by atoms with Gasteiger partial charge in [-0.05, 0) is 50.6 Å². The van der Waals surface area contributed by atoms with Gasteiger partial charge >= 0.3 is 11.9 Å². The molecule has 0 saturated heterocycles. The highest BCUT2D eigenvalue weighted by Gasteiger charge is 2.34. The van der Waals surface area contributed by atoms with Crippen molar-refractivity contribution in [2.75, 3.05) is 13.2 Å². The molecule has 0 N–H and O–H groups in total. The van der Waals surface area contributed by atoms with Gasteiger partial charge in [0.05, 0.1) is 29.0 Å². The van der Waals surface area contributed by atoms with Crippen LogP contribution in [0.3, 0.4) is 0 Å². The number of thiazole rings is 1. The third kappa shape index (κ3) is 5.24. The molecule has 0 fully saturated rings. The highest BCUT2D eigenvalue weighted by molar-refractivity contribution is 7.07. The van der Waals surface area contributed by atoms with Crippen molar-refractivity contribution in [3.05, 3.63) is 90.4 Å². The number of rotatable bonds is 7. The fourth-order valence-electron chi connectivity index (χ4n) is 4.06. The third-order valence-corrected chi connectivity index (χ3v) is 6.52. The first kappa shape index (κ1) is 26.0. The summed E-state index contributed by atoms with van der Waals surface area (Å²) in [5, 5.41) is 0. The number of fused-ring (bicyclic) bond motifs is 1. The molecular formula is C27H25FN2O6S. The Balaban J connectivity index is 1.90. The van der Waals surface area contributed by atoms with Crippen molar-refractivity contribution in [2.24, 2.45) is 4.99 Å². The first-order valence-corrected chi connectivity index (χ1v) is 12.5. The largest absolute Gasteiger partial charge is 0.490 e. The minimum absolute atomic E-state index is 0.107. The number of halogens is 1. The van der Waals surface area contributed by atoms with E-state index in [0.717, 1.165) is 11.3 Å². The topological polar surface area (TPSA) is 96.2 Å². The molecule has 2 aromatic carbocycles. The molecule has 10 heteroatoms. The van der Waals surface area contributed by atoms with E-state index in [9.17, 15) is 18.8 Å². The summed E-state index contributed by atoms with van der Waals surface area (Å²) in [6.45, 7) is 6.87. The van der Waals surface area contributed by atoms with Gasteiger partial charge in [0.1, 0.15) is 11.9 Å². The van der Waals surface area contributed by atoms with Crippen molar-refractivity contribution >= 4 is 29.4 Å². The highest BCUT2D eigenvalue weighted by atomic mass is 32.1. The summed E-state index contributed by atoms with van der Waals surface area (Å²) >= 11 is 1.12. The summed E-state index contributed by atoms with van der Waals surface area (Å²) in [5.41, 5.74) is 0.803. The summed E-state index contributed by atoms with van der Waals surface area (Å²) in [6, 6.07) is 9.89. The molecule has 0 saturated carbocycles. The Labute approximate surface area is 215 Å². The fourth-order valence-corrected chi connectivity index (χ4v) is 5.10. The number of nitrogens with zero attached hydrogens (tertiary/aromatic N) is 2. The summed E-state index contributed by atoms with van der Waals surface area (Å²) < 4.78 is 32.6. The van der Waals surface area contributed by atoms with Crippen LogP contribution in [-0.4, -0.2) is 29.7 Å². The molecule has 4 rings (SSSR count). The number of carbonyl (C=O) groups is 2. The maximum Gasteiger partial charge on any atom is 0.338 e. The van der Waals surface area contributed by atoms with Gasteiger partial charge in [-0.1, -0.05) is 35.6 Å². The Hall–Kier alpha value is -4.05. The summed E-state index contributed by atoms with van der Waals surface area (Å²) in [6.07, 6.45) is 1.64. The van der Waals surface area contributed by atoms with E-state index in [2.05, 4.69) is 4.99 Å². The van der Waals surface area contributed by atoms with E-state index in [0.29, 0.717) is 33.0 Å². The number of benzene rings is 2. The lowest BCUT2D eigenvalue weighted by molar-refractivity contribution is -0.139. The quantitative estimate of drug-likeness (QED) is 0.348. The first-order chi connectivity index (χ1) is 17.7. The molecule has 1 aliphatic rings. The molecule has 1 aliphatic heterocycles. The van der Waals surface area contributed by atoms with Crippen LogP contribution >= 0.6 is 11.3 Å². The van der Waals surface area contributed by atoms with Crippen LogP contribution in [0, 0.1) is 5.82 Å². The maximum absolute atomic E-state index is 15.0. The Bertz CT molecular complexity index is 1590.